The van der Waals surface area contributed by atoms with Crippen LogP contribution in [0.5, 0.6) is 0 Å². The molecule has 4 amide bonds. The molecule has 1 heterocycles. The summed E-state index contributed by atoms with van der Waals surface area (Å²) in [6.07, 6.45) is -0.0649. The Hall–Kier alpha value is -3.55. The number of imide groups is 1. The Balaban J connectivity index is 1.50. The number of carbonyl (C=O) groups excluding carboxylic acids is 4. The standard InChI is InChI=1S/C22H22FN3O4/c1-2-25(14-19(27)24-13-15-7-9-16(23)10-8-15)20(28)11-12-26-21(29)17-5-3-4-6-18(17)22(26)30/h3-10H,2,11-14H2,1H3,(H,24,27). The number of fused-ring (bicyclic) bond motifs is 1. The average Bonchev–Trinajstić information content (AvgIpc) is 3.00. The second-order valence-electron chi connectivity index (χ2n) is 6.87. The fraction of sp³-hybridized carbons (Fsp3) is 0.273. The zero-order valence-electron chi connectivity index (χ0n) is 16.6. The van der Waals surface area contributed by atoms with E-state index in [2.05, 4.69) is 5.32 Å². The van der Waals surface area contributed by atoms with Gasteiger partial charge in [0.15, 0.2) is 0 Å². The van der Waals surface area contributed by atoms with Gasteiger partial charge in [-0.2, -0.15) is 0 Å². The second-order valence-corrected chi connectivity index (χ2v) is 6.87. The topological polar surface area (TPSA) is 86.8 Å². The number of amides is 4. The number of nitrogens with zero attached hydrogens (tertiary/aromatic N) is 2. The van der Waals surface area contributed by atoms with E-state index in [1.807, 2.05) is 0 Å². The number of likely N-dealkylation sites (N-methyl/N-ethyl adjacent to an activating group) is 1. The summed E-state index contributed by atoms with van der Waals surface area (Å²) in [6, 6.07) is 12.3. The molecule has 7 nitrogen and oxygen atoms in total. The molecule has 0 saturated carbocycles. The summed E-state index contributed by atoms with van der Waals surface area (Å²) < 4.78 is 12.9. The van der Waals surface area contributed by atoms with Gasteiger partial charge in [0.25, 0.3) is 11.8 Å². The van der Waals surface area contributed by atoms with Crippen LogP contribution in [0.2, 0.25) is 0 Å². The van der Waals surface area contributed by atoms with Gasteiger partial charge in [-0.15, -0.1) is 0 Å². The first-order valence-electron chi connectivity index (χ1n) is 9.65. The van der Waals surface area contributed by atoms with Gasteiger partial charge in [-0.05, 0) is 36.8 Å². The molecule has 0 aromatic heterocycles. The molecule has 0 atom stereocenters. The molecule has 2 aromatic rings. The molecule has 2 aromatic carbocycles. The molecule has 1 aliphatic heterocycles. The largest absolute Gasteiger partial charge is 0.350 e. The molecule has 1 aliphatic rings. The van der Waals surface area contributed by atoms with Crippen LogP contribution < -0.4 is 5.32 Å². The van der Waals surface area contributed by atoms with Crippen molar-refractivity contribution in [2.24, 2.45) is 0 Å². The van der Waals surface area contributed by atoms with Crippen molar-refractivity contribution >= 4 is 23.6 Å². The van der Waals surface area contributed by atoms with Gasteiger partial charge in [-0.3, -0.25) is 24.1 Å². The van der Waals surface area contributed by atoms with Crippen LogP contribution in [0.3, 0.4) is 0 Å². The van der Waals surface area contributed by atoms with Crippen LogP contribution in [0.25, 0.3) is 0 Å². The van der Waals surface area contributed by atoms with Gasteiger partial charge < -0.3 is 10.2 Å². The summed E-state index contributed by atoms with van der Waals surface area (Å²) in [5, 5.41) is 2.69. The Morgan fingerprint density at radius 1 is 1.00 bits per heavy atom. The number of benzene rings is 2. The summed E-state index contributed by atoms with van der Waals surface area (Å²) in [6.45, 7) is 2.09. The first-order chi connectivity index (χ1) is 14.4. The number of hydrogen-bond acceptors (Lipinski definition) is 4. The van der Waals surface area contributed by atoms with Crippen LogP contribution in [0.15, 0.2) is 48.5 Å². The highest BCUT2D eigenvalue weighted by Crippen LogP contribution is 2.22. The summed E-state index contributed by atoms with van der Waals surface area (Å²) in [5.74, 6) is -1.86. The van der Waals surface area contributed by atoms with E-state index in [9.17, 15) is 23.6 Å². The van der Waals surface area contributed by atoms with Gasteiger partial charge in [-0.25, -0.2) is 4.39 Å². The van der Waals surface area contributed by atoms with Gasteiger partial charge in [-0.1, -0.05) is 24.3 Å². The minimum atomic E-state index is -0.413. The smallest absolute Gasteiger partial charge is 0.261 e. The number of carbonyl (C=O) groups is 4. The number of hydrogen-bond donors (Lipinski definition) is 1. The molecular weight excluding hydrogens is 389 g/mol. The van der Waals surface area contributed by atoms with Gasteiger partial charge in [0, 0.05) is 26.1 Å². The van der Waals surface area contributed by atoms with Gasteiger partial charge >= 0.3 is 0 Å². The third-order valence-electron chi connectivity index (χ3n) is 4.90. The minimum absolute atomic E-state index is 0.0428. The molecule has 0 spiro atoms. The third kappa shape index (κ3) is 4.71. The predicted octanol–water partition coefficient (Wildman–Crippen LogP) is 1.98. The highest BCUT2D eigenvalue weighted by atomic mass is 19.1. The predicted molar refractivity (Wildman–Crippen MR) is 107 cm³/mol. The quantitative estimate of drug-likeness (QED) is 0.673. The van der Waals surface area contributed by atoms with E-state index in [-0.39, 0.29) is 43.7 Å². The van der Waals surface area contributed by atoms with Crippen molar-refractivity contribution in [1.82, 2.24) is 15.1 Å². The summed E-state index contributed by atoms with van der Waals surface area (Å²) in [7, 11) is 0. The zero-order chi connectivity index (χ0) is 21.7. The zero-order valence-corrected chi connectivity index (χ0v) is 16.6. The molecule has 0 radical (unpaired) electrons. The Morgan fingerprint density at radius 2 is 1.60 bits per heavy atom. The van der Waals surface area contributed by atoms with E-state index < -0.39 is 11.8 Å². The first kappa shape index (κ1) is 21.2. The molecule has 0 saturated heterocycles. The van der Waals surface area contributed by atoms with Crippen molar-refractivity contribution in [3.05, 3.63) is 71.0 Å². The lowest BCUT2D eigenvalue weighted by atomic mass is 10.1. The van der Waals surface area contributed by atoms with Crippen molar-refractivity contribution in [3.63, 3.8) is 0 Å². The van der Waals surface area contributed by atoms with Crippen LogP contribution >= 0.6 is 0 Å². The lowest BCUT2D eigenvalue weighted by Crippen LogP contribution is -2.42. The van der Waals surface area contributed by atoms with Gasteiger partial charge in [0.2, 0.25) is 11.8 Å². The van der Waals surface area contributed by atoms with E-state index in [0.717, 1.165) is 10.5 Å². The maximum Gasteiger partial charge on any atom is 0.261 e. The van der Waals surface area contributed by atoms with E-state index in [1.54, 1.807) is 43.3 Å². The number of nitrogens with one attached hydrogen (secondary N) is 1. The Bertz CT molecular complexity index is 940. The Morgan fingerprint density at radius 3 is 2.17 bits per heavy atom. The number of halogens is 1. The van der Waals surface area contributed by atoms with Gasteiger partial charge in [0.05, 0.1) is 17.7 Å². The monoisotopic (exact) mass is 411 g/mol. The van der Waals surface area contributed by atoms with Crippen LogP contribution in [-0.4, -0.2) is 53.1 Å². The lowest BCUT2D eigenvalue weighted by molar-refractivity contribution is -0.136. The Kier molecular flexibility index (Phi) is 6.56. The first-order valence-corrected chi connectivity index (χ1v) is 9.65. The Labute approximate surface area is 173 Å². The molecule has 0 fully saturated rings. The molecule has 1 N–H and O–H groups in total. The van der Waals surface area contributed by atoms with Crippen molar-refractivity contribution < 1.29 is 23.6 Å². The molecule has 8 heteroatoms. The van der Waals surface area contributed by atoms with Crippen molar-refractivity contribution in [2.45, 2.75) is 19.9 Å². The lowest BCUT2D eigenvalue weighted by Gasteiger charge is -2.22. The highest BCUT2D eigenvalue weighted by molar-refractivity contribution is 6.21. The van der Waals surface area contributed by atoms with E-state index in [1.165, 1.54) is 17.0 Å². The minimum Gasteiger partial charge on any atom is -0.350 e. The molecule has 3 rings (SSSR count). The molecule has 0 bridgehead atoms. The van der Waals surface area contributed by atoms with E-state index in [0.29, 0.717) is 17.7 Å². The summed E-state index contributed by atoms with van der Waals surface area (Å²) >= 11 is 0. The maximum absolute atomic E-state index is 12.9. The fourth-order valence-electron chi connectivity index (χ4n) is 3.22. The summed E-state index contributed by atoms with van der Waals surface area (Å²) in [4.78, 5) is 51.9. The van der Waals surface area contributed by atoms with E-state index in [4.69, 9.17) is 0 Å². The molecule has 156 valence electrons. The van der Waals surface area contributed by atoms with Crippen LogP contribution in [0.4, 0.5) is 4.39 Å². The maximum atomic E-state index is 12.9. The number of rotatable bonds is 8. The molecule has 0 aliphatic carbocycles. The van der Waals surface area contributed by atoms with Crippen LogP contribution in [-0.2, 0) is 16.1 Å². The summed E-state index contributed by atoms with van der Waals surface area (Å²) in [5.41, 5.74) is 1.41. The van der Waals surface area contributed by atoms with Crippen molar-refractivity contribution in [2.75, 3.05) is 19.6 Å². The SMILES string of the molecule is CCN(CC(=O)NCc1ccc(F)cc1)C(=O)CCN1C(=O)c2ccccc2C1=O. The fourth-order valence-corrected chi connectivity index (χ4v) is 3.22. The van der Waals surface area contributed by atoms with Crippen LogP contribution in [0.1, 0.15) is 39.6 Å². The second kappa shape index (κ2) is 9.30. The normalized spacial score (nSPS) is 12.7. The van der Waals surface area contributed by atoms with Crippen molar-refractivity contribution in [3.8, 4) is 0 Å². The van der Waals surface area contributed by atoms with E-state index >= 15 is 0 Å². The molecular formula is C22H22FN3O4. The highest BCUT2D eigenvalue weighted by Gasteiger charge is 2.35. The molecule has 0 unspecified atom stereocenters. The average molecular weight is 411 g/mol. The van der Waals surface area contributed by atoms with Gasteiger partial charge in [0.1, 0.15) is 5.82 Å². The van der Waals surface area contributed by atoms with Crippen LogP contribution in [0, 0.1) is 5.82 Å². The van der Waals surface area contributed by atoms with Crippen molar-refractivity contribution in [1.29, 1.82) is 0 Å². The third-order valence-corrected chi connectivity index (χ3v) is 4.90. The molecule has 30 heavy (non-hydrogen) atoms.